The van der Waals surface area contributed by atoms with Gasteiger partial charge in [0, 0.05) is 19.3 Å². The first kappa shape index (κ1) is 13.0. The van der Waals surface area contributed by atoms with Crippen LogP contribution in [0.3, 0.4) is 0 Å². The van der Waals surface area contributed by atoms with E-state index in [2.05, 4.69) is 20.8 Å². The van der Waals surface area contributed by atoms with Crippen LogP contribution in [-0.4, -0.2) is 19.3 Å². The molecule has 0 saturated carbocycles. The minimum Gasteiger partial charge on any atom is -0.381 e. The first-order valence-electron chi connectivity index (χ1n) is 6.33. The predicted octanol–water partition coefficient (Wildman–Crippen LogP) is 2.96. The summed E-state index contributed by atoms with van der Waals surface area (Å²) >= 11 is 0. The van der Waals surface area contributed by atoms with Crippen LogP contribution in [0.2, 0.25) is 0 Å². The Kier molecular flexibility index (Phi) is 5.07. The zero-order valence-corrected chi connectivity index (χ0v) is 10.6. The third-order valence-electron chi connectivity index (χ3n) is 3.58. The second kappa shape index (κ2) is 5.86. The van der Waals surface area contributed by atoms with Crippen molar-refractivity contribution in [2.45, 2.75) is 58.9 Å². The van der Waals surface area contributed by atoms with Crippen LogP contribution < -0.4 is 5.73 Å². The molecule has 1 atom stereocenters. The molecule has 0 bridgehead atoms. The van der Waals surface area contributed by atoms with Crippen LogP contribution in [0, 0.1) is 11.3 Å². The molecule has 0 spiro atoms. The van der Waals surface area contributed by atoms with E-state index < -0.39 is 0 Å². The van der Waals surface area contributed by atoms with E-state index in [1.54, 1.807) is 0 Å². The van der Waals surface area contributed by atoms with Gasteiger partial charge in [0.05, 0.1) is 0 Å². The Balaban J connectivity index is 2.10. The van der Waals surface area contributed by atoms with Gasteiger partial charge in [0.25, 0.3) is 0 Å². The van der Waals surface area contributed by atoms with Crippen LogP contribution in [0.15, 0.2) is 0 Å². The number of hydrogen-bond donors (Lipinski definition) is 1. The minimum absolute atomic E-state index is 0.260. The molecule has 1 rings (SSSR count). The molecule has 1 saturated heterocycles. The van der Waals surface area contributed by atoms with E-state index in [-0.39, 0.29) is 5.41 Å². The fraction of sp³-hybridized carbons (Fsp3) is 1.00. The number of rotatable bonds is 4. The summed E-state index contributed by atoms with van der Waals surface area (Å²) in [6.45, 7) is 8.62. The molecule has 0 aromatic rings. The summed E-state index contributed by atoms with van der Waals surface area (Å²) in [6.07, 6.45) is 6.30. The van der Waals surface area contributed by atoms with Crippen LogP contribution >= 0.6 is 0 Å². The summed E-state index contributed by atoms with van der Waals surface area (Å²) in [5.41, 5.74) is 6.40. The molecule has 2 nitrogen and oxygen atoms in total. The van der Waals surface area contributed by atoms with Crippen molar-refractivity contribution in [3.63, 3.8) is 0 Å². The van der Waals surface area contributed by atoms with Gasteiger partial charge in [-0.1, -0.05) is 33.6 Å². The van der Waals surface area contributed by atoms with Crippen molar-refractivity contribution in [3.8, 4) is 0 Å². The van der Waals surface area contributed by atoms with Gasteiger partial charge in [0.2, 0.25) is 0 Å². The molecule has 1 aliphatic heterocycles. The quantitative estimate of drug-likeness (QED) is 0.779. The molecule has 90 valence electrons. The third kappa shape index (κ3) is 4.98. The summed E-state index contributed by atoms with van der Waals surface area (Å²) in [6, 6.07) is 0.345. The summed E-state index contributed by atoms with van der Waals surface area (Å²) in [5, 5.41) is 0. The molecular weight excluding hydrogens is 186 g/mol. The Morgan fingerprint density at radius 1 is 1.27 bits per heavy atom. The molecule has 1 fully saturated rings. The number of nitrogens with two attached hydrogens (primary N) is 1. The Labute approximate surface area is 94.6 Å². The van der Waals surface area contributed by atoms with Gasteiger partial charge in [-0.15, -0.1) is 0 Å². The van der Waals surface area contributed by atoms with Crippen LogP contribution in [0.4, 0.5) is 0 Å². The Morgan fingerprint density at radius 3 is 2.40 bits per heavy atom. The average Bonchev–Trinajstić information content (AvgIpc) is 2.18. The largest absolute Gasteiger partial charge is 0.381 e. The lowest BCUT2D eigenvalue weighted by Gasteiger charge is -2.28. The molecule has 1 heterocycles. The van der Waals surface area contributed by atoms with E-state index >= 15 is 0 Å². The van der Waals surface area contributed by atoms with Gasteiger partial charge in [-0.2, -0.15) is 0 Å². The summed E-state index contributed by atoms with van der Waals surface area (Å²) in [7, 11) is 0. The Bertz CT molecular complexity index is 168. The van der Waals surface area contributed by atoms with Gasteiger partial charge in [-0.05, 0) is 30.6 Å². The molecule has 2 N–H and O–H groups in total. The molecule has 0 aliphatic carbocycles. The first-order chi connectivity index (χ1) is 7.00. The van der Waals surface area contributed by atoms with Crippen LogP contribution in [0.25, 0.3) is 0 Å². The van der Waals surface area contributed by atoms with E-state index in [1.807, 2.05) is 0 Å². The molecular formula is C13H27NO. The standard InChI is InChI=1S/C13H27NO/c1-13(2,3)12(14)6-4-5-11-7-9-15-10-8-11/h11-12H,4-10,14H2,1-3H3. The van der Waals surface area contributed by atoms with Crippen molar-refractivity contribution in [3.05, 3.63) is 0 Å². The molecule has 0 radical (unpaired) electrons. The molecule has 0 aromatic carbocycles. The van der Waals surface area contributed by atoms with E-state index in [9.17, 15) is 0 Å². The zero-order valence-electron chi connectivity index (χ0n) is 10.6. The monoisotopic (exact) mass is 213 g/mol. The van der Waals surface area contributed by atoms with Gasteiger partial charge in [0.15, 0.2) is 0 Å². The topological polar surface area (TPSA) is 35.2 Å². The average molecular weight is 213 g/mol. The van der Waals surface area contributed by atoms with Gasteiger partial charge in [-0.25, -0.2) is 0 Å². The van der Waals surface area contributed by atoms with Gasteiger partial charge in [0.1, 0.15) is 0 Å². The van der Waals surface area contributed by atoms with Crippen molar-refractivity contribution < 1.29 is 4.74 Å². The third-order valence-corrected chi connectivity index (χ3v) is 3.58. The van der Waals surface area contributed by atoms with Crippen molar-refractivity contribution >= 4 is 0 Å². The highest BCUT2D eigenvalue weighted by Gasteiger charge is 2.21. The lowest BCUT2D eigenvalue weighted by molar-refractivity contribution is 0.0626. The summed E-state index contributed by atoms with van der Waals surface area (Å²) in [4.78, 5) is 0. The SMILES string of the molecule is CC(C)(C)C(N)CCCC1CCOCC1. The predicted molar refractivity (Wildman–Crippen MR) is 64.8 cm³/mol. The number of hydrogen-bond acceptors (Lipinski definition) is 2. The molecule has 15 heavy (non-hydrogen) atoms. The van der Waals surface area contributed by atoms with Crippen molar-refractivity contribution in [1.29, 1.82) is 0 Å². The molecule has 2 heteroatoms. The van der Waals surface area contributed by atoms with Gasteiger partial charge < -0.3 is 10.5 Å². The molecule has 0 aromatic heterocycles. The molecule has 1 unspecified atom stereocenters. The maximum absolute atomic E-state index is 6.14. The van der Waals surface area contributed by atoms with Crippen LogP contribution in [0.5, 0.6) is 0 Å². The van der Waals surface area contributed by atoms with E-state index in [0.717, 1.165) is 19.1 Å². The minimum atomic E-state index is 0.260. The van der Waals surface area contributed by atoms with Crippen LogP contribution in [0.1, 0.15) is 52.9 Å². The molecule has 0 amide bonds. The number of ether oxygens (including phenoxy) is 1. The van der Waals surface area contributed by atoms with Crippen molar-refractivity contribution in [1.82, 2.24) is 0 Å². The first-order valence-corrected chi connectivity index (χ1v) is 6.33. The lowest BCUT2D eigenvalue weighted by Crippen LogP contribution is -2.34. The van der Waals surface area contributed by atoms with E-state index in [1.165, 1.54) is 32.1 Å². The lowest BCUT2D eigenvalue weighted by atomic mass is 9.83. The second-order valence-electron chi connectivity index (χ2n) is 5.96. The molecule has 1 aliphatic rings. The van der Waals surface area contributed by atoms with Gasteiger partial charge in [-0.3, -0.25) is 0 Å². The Morgan fingerprint density at radius 2 is 1.87 bits per heavy atom. The normalized spacial score (nSPS) is 21.6. The zero-order chi connectivity index (χ0) is 11.3. The van der Waals surface area contributed by atoms with Crippen LogP contribution in [-0.2, 0) is 4.74 Å². The highest BCUT2D eigenvalue weighted by atomic mass is 16.5. The Hall–Kier alpha value is -0.0800. The van der Waals surface area contributed by atoms with Crippen molar-refractivity contribution in [2.24, 2.45) is 17.1 Å². The highest BCUT2D eigenvalue weighted by molar-refractivity contribution is 4.77. The van der Waals surface area contributed by atoms with Crippen molar-refractivity contribution in [2.75, 3.05) is 13.2 Å². The summed E-state index contributed by atoms with van der Waals surface area (Å²) < 4.78 is 5.36. The van der Waals surface area contributed by atoms with E-state index in [0.29, 0.717) is 6.04 Å². The fourth-order valence-corrected chi connectivity index (χ4v) is 2.09. The smallest absolute Gasteiger partial charge is 0.0468 e. The fourth-order valence-electron chi connectivity index (χ4n) is 2.09. The maximum atomic E-state index is 6.14. The maximum Gasteiger partial charge on any atom is 0.0468 e. The summed E-state index contributed by atoms with van der Waals surface area (Å²) in [5.74, 6) is 0.894. The van der Waals surface area contributed by atoms with E-state index in [4.69, 9.17) is 10.5 Å². The highest BCUT2D eigenvalue weighted by Crippen LogP contribution is 2.25. The second-order valence-corrected chi connectivity index (χ2v) is 5.96. The van der Waals surface area contributed by atoms with Gasteiger partial charge >= 0.3 is 0 Å².